The summed E-state index contributed by atoms with van der Waals surface area (Å²) in [6, 6.07) is 17.6. The maximum absolute atomic E-state index is 12.2. The Hall–Kier alpha value is -2.99. The first kappa shape index (κ1) is 18.8. The van der Waals surface area contributed by atoms with Gasteiger partial charge in [0.15, 0.2) is 0 Å². The maximum atomic E-state index is 12.2. The Labute approximate surface area is 159 Å². The van der Waals surface area contributed by atoms with E-state index in [4.69, 9.17) is 4.74 Å². The number of nitrogens with zero attached hydrogens (tertiary/aromatic N) is 3. The summed E-state index contributed by atoms with van der Waals surface area (Å²) in [7, 11) is 0. The zero-order chi connectivity index (χ0) is 18.9. The third kappa shape index (κ3) is 5.76. The van der Waals surface area contributed by atoms with Crippen molar-refractivity contribution >= 4 is 5.91 Å². The molecule has 1 atom stereocenters. The number of hydrogen-bond donors (Lipinski definition) is 1. The Morgan fingerprint density at radius 2 is 1.93 bits per heavy atom. The van der Waals surface area contributed by atoms with Crippen molar-refractivity contribution in [1.29, 1.82) is 0 Å². The van der Waals surface area contributed by atoms with Crippen LogP contribution >= 0.6 is 0 Å². The summed E-state index contributed by atoms with van der Waals surface area (Å²) in [5, 5.41) is 7.00. The first-order chi connectivity index (χ1) is 13.2. The molecule has 1 heterocycles. The largest absolute Gasteiger partial charge is 0.374 e. The fourth-order valence-electron chi connectivity index (χ4n) is 2.72. The van der Waals surface area contributed by atoms with E-state index in [1.54, 1.807) is 11.0 Å². The van der Waals surface area contributed by atoms with Gasteiger partial charge in [-0.25, -0.2) is 9.67 Å². The Kier molecular flexibility index (Phi) is 6.71. The Bertz CT molecular complexity index is 817. The molecule has 0 saturated carbocycles. The number of nitrogens with one attached hydrogen (secondary N) is 1. The normalized spacial score (nSPS) is 11.9. The van der Waals surface area contributed by atoms with Crippen LogP contribution in [0, 0.1) is 0 Å². The van der Waals surface area contributed by atoms with Crippen molar-refractivity contribution in [1.82, 2.24) is 20.1 Å². The van der Waals surface area contributed by atoms with Crippen molar-refractivity contribution in [3.8, 4) is 0 Å². The molecule has 1 amide bonds. The Balaban J connectivity index is 1.36. The fraction of sp³-hybridized carbons (Fsp3) is 0.286. The van der Waals surface area contributed by atoms with Crippen molar-refractivity contribution in [2.24, 2.45) is 0 Å². The summed E-state index contributed by atoms with van der Waals surface area (Å²) in [6.45, 7) is 3.86. The smallest absolute Gasteiger partial charge is 0.251 e. The highest BCUT2D eigenvalue weighted by Gasteiger charge is 2.07. The van der Waals surface area contributed by atoms with E-state index in [9.17, 15) is 4.79 Å². The van der Waals surface area contributed by atoms with Gasteiger partial charge >= 0.3 is 0 Å². The van der Waals surface area contributed by atoms with Gasteiger partial charge in [-0.2, -0.15) is 5.10 Å². The van der Waals surface area contributed by atoms with Gasteiger partial charge in [0.05, 0.1) is 12.6 Å². The lowest BCUT2D eigenvalue weighted by Crippen LogP contribution is -2.25. The highest BCUT2D eigenvalue weighted by molar-refractivity contribution is 5.94. The lowest BCUT2D eigenvalue weighted by Gasteiger charge is -2.13. The number of benzene rings is 2. The molecule has 3 aromatic rings. The van der Waals surface area contributed by atoms with Crippen LogP contribution in [0.2, 0.25) is 0 Å². The van der Waals surface area contributed by atoms with Gasteiger partial charge in [0.2, 0.25) is 0 Å². The van der Waals surface area contributed by atoms with Gasteiger partial charge in [0.25, 0.3) is 5.91 Å². The van der Waals surface area contributed by atoms with Gasteiger partial charge in [-0.1, -0.05) is 42.5 Å². The predicted molar refractivity (Wildman–Crippen MR) is 103 cm³/mol. The molecule has 1 unspecified atom stereocenters. The van der Waals surface area contributed by atoms with Crippen LogP contribution in [0.25, 0.3) is 0 Å². The predicted octanol–water partition coefficient (Wildman–Crippen LogP) is 3.22. The molecular weight excluding hydrogens is 340 g/mol. The van der Waals surface area contributed by atoms with Crippen LogP contribution in [-0.2, 0) is 11.3 Å². The molecule has 2 aromatic carbocycles. The first-order valence-corrected chi connectivity index (χ1v) is 9.08. The summed E-state index contributed by atoms with van der Waals surface area (Å²) in [5.74, 6) is -0.0709. The van der Waals surface area contributed by atoms with Crippen LogP contribution < -0.4 is 5.32 Å². The number of ether oxygens (including phenoxy) is 1. The molecule has 0 aliphatic heterocycles. The van der Waals surface area contributed by atoms with Crippen LogP contribution in [-0.4, -0.2) is 33.8 Å². The van der Waals surface area contributed by atoms with E-state index < -0.39 is 0 Å². The van der Waals surface area contributed by atoms with Gasteiger partial charge in [0.1, 0.15) is 12.7 Å². The molecule has 0 radical (unpaired) electrons. The van der Waals surface area contributed by atoms with E-state index in [2.05, 4.69) is 27.5 Å². The number of aromatic nitrogens is 3. The number of carbonyl (C=O) groups excluding carboxylic acids is 1. The van der Waals surface area contributed by atoms with Crippen molar-refractivity contribution in [3.63, 3.8) is 0 Å². The van der Waals surface area contributed by atoms with Crippen molar-refractivity contribution in [2.45, 2.75) is 26.0 Å². The molecule has 27 heavy (non-hydrogen) atoms. The van der Waals surface area contributed by atoms with Crippen LogP contribution in [0.5, 0.6) is 0 Å². The minimum atomic E-state index is -0.0709. The molecule has 0 aliphatic carbocycles. The van der Waals surface area contributed by atoms with Crippen molar-refractivity contribution < 1.29 is 9.53 Å². The molecule has 6 heteroatoms. The second kappa shape index (κ2) is 9.64. The second-order valence-corrected chi connectivity index (χ2v) is 6.32. The molecule has 0 saturated heterocycles. The summed E-state index contributed by atoms with van der Waals surface area (Å²) in [6.07, 6.45) is 4.00. The molecule has 0 aliphatic rings. The number of amides is 1. The summed E-state index contributed by atoms with van der Waals surface area (Å²) in [4.78, 5) is 16.1. The molecule has 6 nitrogen and oxygen atoms in total. The molecule has 3 rings (SSSR count). The summed E-state index contributed by atoms with van der Waals surface area (Å²) < 4.78 is 7.56. The van der Waals surface area contributed by atoms with Gasteiger partial charge in [-0.15, -0.1) is 0 Å². The Morgan fingerprint density at radius 3 is 2.63 bits per heavy atom. The monoisotopic (exact) mass is 364 g/mol. The van der Waals surface area contributed by atoms with Crippen LogP contribution in [0.15, 0.2) is 67.3 Å². The van der Waals surface area contributed by atoms with Crippen molar-refractivity contribution in [3.05, 3.63) is 83.9 Å². The van der Waals surface area contributed by atoms with Crippen molar-refractivity contribution in [2.75, 3.05) is 13.2 Å². The average molecular weight is 364 g/mol. The lowest BCUT2D eigenvalue weighted by atomic mass is 10.1. The van der Waals surface area contributed by atoms with Crippen LogP contribution in [0.3, 0.4) is 0 Å². The lowest BCUT2D eigenvalue weighted by molar-refractivity contribution is 0.0635. The third-order valence-corrected chi connectivity index (χ3v) is 4.27. The zero-order valence-electron chi connectivity index (χ0n) is 15.4. The molecule has 0 bridgehead atoms. The van der Waals surface area contributed by atoms with E-state index in [0.717, 1.165) is 17.5 Å². The van der Waals surface area contributed by atoms with Gasteiger partial charge in [-0.3, -0.25) is 4.79 Å². The number of hydrogen-bond acceptors (Lipinski definition) is 4. The molecule has 0 spiro atoms. The van der Waals surface area contributed by atoms with Crippen LogP contribution in [0.4, 0.5) is 0 Å². The SMILES string of the molecule is CC(OCCCNC(=O)c1ccc(Cn2cncn2)cc1)c1ccccc1. The minimum Gasteiger partial charge on any atom is -0.374 e. The fourth-order valence-corrected chi connectivity index (χ4v) is 2.72. The summed E-state index contributed by atoms with van der Waals surface area (Å²) in [5.41, 5.74) is 2.88. The van der Waals surface area contributed by atoms with E-state index in [1.165, 1.54) is 6.33 Å². The zero-order valence-corrected chi connectivity index (χ0v) is 15.4. The van der Waals surface area contributed by atoms with Crippen LogP contribution in [0.1, 0.15) is 40.9 Å². The number of rotatable bonds is 9. The topological polar surface area (TPSA) is 69.0 Å². The standard InChI is InChI=1S/C21H24N4O2/c1-17(19-6-3-2-4-7-19)27-13-5-12-23-21(26)20-10-8-18(9-11-20)14-25-16-22-15-24-25/h2-4,6-11,15-17H,5,12-14H2,1H3,(H,23,26). The average Bonchev–Trinajstić information content (AvgIpc) is 3.21. The van der Waals surface area contributed by atoms with E-state index >= 15 is 0 Å². The third-order valence-electron chi connectivity index (χ3n) is 4.27. The van der Waals surface area contributed by atoms with Gasteiger partial charge in [-0.05, 0) is 36.6 Å². The van der Waals surface area contributed by atoms with Gasteiger partial charge in [0, 0.05) is 18.7 Å². The first-order valence-electron chi connectivity index (χ1n) is 9.08. The molecule has 1 aromatic heterocycles. The molecule has 140 valence electrons. The Morgan fingerprint density at radius 1 is 1.15 bits per heavy atom. The number of carbonyl (C=O) groups is 1. The molecular formula is C21H24N4O2. The maximum Gasteiger partial charge on any atom is 0.251 e. The highest BCUT2D eigenvalue weighted by Crippen LogP contribution is 2.15. The highest BCUT2D eigenvalue weighted by atomic mass is 16.5. The summed E-state index contributed by atoms with van der Waals surface area (Å²) >= 11 is 0. The van der Waals surface area contributed by atoms with Gasteiger partial charge < -0.3 is 10.1 Å². The van der Waals surface area contributed by atoms with E-state index in [-0.39, 0.29) is 12.0 Å². The second-order valence-electron chi connectivity index (χ2n) is 6.32. The minimum absolute atomic E-state index is 0.0550. The quantitative estimate of drug-likeness (QED) is 0.592. The van der Waals surface area contributed by atoms with E-state index in [1.807, 2.05) is 49.4 Å². The molecule has 1 N–H and O–H groups in total. The van der Waals surface area contributed by atoms with E-state index in [0.29, 0.717) is 25.3 Å². The molecule has 0 fully saturated rings.